The lowest BCUT2D eigenvalue weighted by molar-refractivity contribution is -0.110. The first-order valence-electron chi connectivity index (χ1n) is 5.50. The van der Waals surface area contributed by atoms with Gasteiger partial charge in [-0.05, 0) is 38.6 Å². The molecular formula is C14H18N2O. The highest BCUT2D eigenvalue weighted by Gasteiger charge is 2.28. The van der Waals surface area contributed by atoms with Gasteiger partial charge in [0, 0.05) is 11.1 Å². The van der Waals surface area contributed by atoms with Crippen molar-refractivity contribution in [3.05, 3.63) is 35.4 Å². The maximum absolute atomic E-state index is 10.7. The Bertz CT molecular complexity index is 415. The first-order chi connectivity index (χ1) is 8.05. The largest absolute Gasteiger partial charge is 0.350 e. The standard InChI is InChI=1S/C14H18N2O/c1-5-11-6-8-12(9-7-11)13(16-10-17)14(2,3)15-4/h1,6-10,13,15H,2-4H3,(H,16,17)/t13-/m1/s1. The van der Waals surface area contributed by atoms with Gasteiger partial charge in [0.15, 0.2) is 0 Å². The summed E-state index contributed by atoms with van der Waals surface area (Å²) in [7, 11) is 1.87. The minimum absolute atomic E-state index is 0.100. The van der Waals surface area contributed by atoms with Crippen LogP contribution in [0.2, 0.25) is 0 Å². The van der Waals surface area contributed by atoms with Gasteiger partial charge in [-0.15, -0.1) is 6.42 Å². The van der Waals surface area contributed by atoms with E-state index in [1.54, 1.807) is 0 Å². The van der Waals surface area contributed by atoms with Crippen molar-refractivity contribution in [2.75, 3.05) is 7.05 Å². The number of hydrogen-bond acceptors (Lipinski definition) is 2. The Morgan fingerprint density at radius 2 is 1.94 bits per heavy atom. The van der Waals surface area contributed by atoms with Crippen molar-refractivity contribution in [2.45, 2.75) is 25.4 Å². The number of rotatable bonds is 5. The van der Waals surface area contributed by atoms with Crippen molar-refractivity contribution < 1.29 is 4.79 Å². The molecule has 0 spiro atoms. The topological polar surface area (TPSA) is 41.1 Å². The third-order valence-electron chi connectivity index (χ3n) is 3.01. The molecule has 1 aromatic rings. The van der Waals surface area contributed by atoms with Crippen LogP contribution in [0.3, 0.4) is 0 Å². The van der Waals surface area contributed by atoms with Crippen molar-refractivity contribution in [1.82, 2.24) is 10.6 Å². The summed E-state index contributed by atoms with van der Waals surface area (Å²) in [5, 5.41) is 6.02. The van der Waals surface area contributed by atoms with Gasteiger partial charge in [-0.2, -0.15) is 0 Å². The maximum atomic E-state index is 10.7. The van der Waals surface area contributed by atoms with E-state index in [2.05, 4.69) is 16.6 Å². The molecule has 0 fully saturated rings. The molecular weight excluding hydrogens is 212 g/mol. The minimum Gasteiger partial charge on any atom is -0.350 e. The van der Waals surface area contributed by atoms with Gasteiger partial charge in [0.05, 0.1) is 6.04 Å². The molecule has 0 unspecified atom stereocenters. The summed E-state index contributed by atoms with van der Waals surface area (Å²) >= 11 is 0. The van der Waals surface area contributed by atoms with E-state index in [1.807, 2.05) is 45.2 Å². The van der Waals surface area contributed by atoms with Crippen LogP contribution in [0.1, 0.15) is 31.0 Å². The molecule has 0 heterocycles. The van der Waals surface area contributed by atoms with Crippen LogP contribution in [0, 0.1) is 12.3 Å². The molecule has 3 nitrogen and oxygen atoms in total. The zero-order valence-electron chi connectivity index (χ0n) is 10.4. The summed E-state index contributed by atoms with van der Waals surface area (Å²) in [6.45, 7) is 4.06. The number of carbonyl (C=O) groups is 1. The Hall–Kier alpha value is -1.79. The van der Waals surface area contributed by atoms with Crippen LogP contribution in [0.5, 0.6) is 0 Å². The number of benzene rings is 1. The summed E-state index contributed by atoms with van der Waals surface area (Å²) in [4.78, 5) is 10.7. The number of amides is 1. The molecule has 0 aliphatic carbocycles. The van der Waals surface area contributed by atoms with Gasteiger partial charge in [-0.1, -0.05) is 18.1 Å². The SMILES string of the molecule is C#Cc1ccc([C@@H](NC=O)C(C)(C)NC)cc1. The summed E-state index contributed by atoms with van der Waals surface area (Å²) in [6.07, 6.45) is 6.03. The monoisotopic (exact) mass is 230 g/mol. The molecule has 0 aliphatic rings. The molecule has 90 valence electrons. The molecule has 3 heteroatoms. The van der Waals surface area contributed by atoms with E-state index in [9.17, 15) is 4.79 Å². The lowest BCUT2D eigenvalue weighted by Gasteiger charge is -2.34. The molecule has 0 bridgehead atoms. The summed E-state index contributed by atoms with van der Waals surface area (Å²) in [5.41, 5.74) is 1.62. The minimum atomic E-state index is -0.238. The average Bonchev–Trinajstić information content (AvgIpc) is 2.36. The highest BCUT2D eigenvalue weighted by molar-refractivity contribution is 5.49. The highest BCUT2D eigenvalue weighted by Crippen LogP contribution is 2.25. The van der Waals surface area contributed by atoms with E-state index in [4.69, 9.17) is 6.42 Å². The van der Waals surface area contributed by atoms with E-state index in [0.717, 1.165) is 17.5 Å². The van der Waals surface area contributed by atoms with Crippen molar-refractivity contribution >= 4 is 6.41 Å². The molecule has 0 saturated heterocycles. The molecule has 0 radical (unpaired) electrons. The lowest BCUT2D eigenvalue weighted by atomic mass is 9.88. The first-order valence-corrected chi connectivity index (χ1v) is 5.50. The van der Waals surface area contributed by atoms with Gasteiger partial charge in [0.2, 0.25) is 6.41 Å². The molecule has 1 aromatic carbocycles. The van der Waals surface area contributed by atoms with Crippen molar-refractivity contribution in [1.29, 1.82) is 0 Å². The second-order valence-electron chi connectivity index (χ2n) is 4.46. The van der Waals surface area contributed by atoms with E-state index < -0.39 is 0 Å². The van der Waals surface area contributed by atoms with Gasteiger partial charge in [-0.3, -0.25) is 4.79 Å². The van der Waals surface area contributed by atoms with Crippen LogP contribution in [0.15, 0.2) is 24.3 Å². The van der Waals surface area contributed by atoms with E-state index in [-0.39, 0.29) is 11.6 Å². The Labute approximate surface area is 103 Å². The molecule has 1 atom stereocenters. The zero-order valence-corrected chi connectivity index (χ0v) is 10.4. The van der Waals surface area contributed by atoms with E-state index >= 15 is 0 Å². The Balaban J connectivity index is 3.06. The Kier molecular flexibility index (Phi) is 4.30. The predicted octanol–water partition coefficient (Wildman–Crippen LogP) is 1.45. The molecule has 1 rings (SSSR count). The fourth-order valence-corrected chi connectivity index (χ4v) is 1.71. The summed E-state index contributed by atoms with van der Waals surface area (Å²) in [5.74, 6) is 2.57. The predicted molar refractivity (Wildman–Crippen MR) is 69.5 cm³/mol. The summed E-state index contributed by atoms with van der Waals surface area (Å²) in [6, 6.07) is 7.53. The average molecular weight is 230 g/mol. The lowest BCUT2D eigenvalue weighted by Crippen LogP contribution is -2.48. The maximum Gasteiger partial charge on any atom is 0.207 e. The Morgan fingerprint density at radius 1 is 1.35 bits per heavy atom. The second kappa shape index (κ2) is 5.51. The number of likely N-dealkylation sites (N-methyl/N-ethyl adjacent to an activating group) is 1. The van der Waals surface area contributed by atoms with Crippen LogP contribution >= 0.6 is 0 Å². The van der Waals surface area contributed by atoms with Gasteiger partial charge in [0.25, 0.3) is 0 Å². The molecule has 2 N–H and O–H groups in total. The zero-order chi connectivity index (χ0) is 12.9. The molecule has 1 amide bonds. The van der Waals surface area contributed by atoms with Gasteiger partial charge >= 0.3 is 0 Å². The van der Waals surface area contributed by atoms with Crippen LogP contribution in [-0.4, -0.2) is 19.0 Å². The highest BCUT2D eigenvalue weighted by atomic mass is 16.1. The van der Waals surface area contributed by atoms with Gasteiger partial charge in [0.1, 0.15) is 0 Å². The first kappa shape index (κ1) is 13.3. The van der Waals surface area contributed by atoms with Gasteiger partial charge < -0.3 is 10.6 Å². The normalized spacial score (nSPS) is 12.6. The van der Waals surface area contributed by atoms with E-state index in [0.29, 0.717) is 0 Å². The quantitative estimate of drug-likeness (QED) is 0.594. The fourth-order valence-electron chi connectivity index (χ4n) is 1.71. The van der Waals surface area contributed by atoms with Gasteiger partial charge in [-0.25, -0.2) is 0 Å². The van der Waals surface area contributed by atoms with Crippen LogP contribution in [0.25, 0.3) is 0 Å². The Morgan fingerprint density at radius 3 is 2.35 bits per heavy atom. The van der Waals surface area contributed by atoms with Crippen LogP contribution in [0.4, 0.5) is 0 Å². The number of hydrogen-bond donors (Lipinski definition) is 2. The molecule has 0 saturated carbocycles. The van der Waals surface area contributed by atoms with Crippen LogP contribution < -0.4 is 10.6 Å². The van der Waals surface area contributed by atoms with Crippen LogP contribution in [-0.2, 0) is 4.79 Å². The van der Waals surface area contributed by atoms with E-state index in [1.165, 1.54) is 0 Å². The third-order valence-corrected chi connectivity index (χ3v) is 3.01. The summed E-state index contributed by atoms with van der Waals surface area (Å²) < 4.78 is 0. The van der Waals surface area contributed by atoms with Crippen molar-refractivity contribution in [3.63, 3.8) is 0 Å². The third kappa shape index (κ3) is 3.08. The molecule has 17 heavy (non-hydrogen) atoms. The fraction of sp³-hybridized carbons (Fsp3) is 0.357. The van der Waals surface area contributed by atoms with Crippen molar-refractivity contribution in [3.8, 4) is 12.3 Å². The van der Waals surface area contributed by atoms with Crippen molar-refractivity contribution in [2.24, 2.45) is 0 Å². The number of carbonyl (C=O) groups excluding carboxylic acids is 1. The molecule has 0 aromatic heterocycles. The second-order valence-corrected chi connectivity index (χ2v) is 4.46. The number of nitrogens with one attached hydrogen (secondary N) is 2. The smallest absolute Gasteiger partial charge is 0.207 e. The molecule has 0 aliphatic heterocycles. The number of terminal acetylenes is 1.